The van der Waals surface area contributed by atoms with Gasteiger partial charge in [0.15, 0.2) is 5.16 Å². The topological polar surface area (TPSA) is 66.3 Å². The molecule has 2 heterocycles. The summed E-state index contributed by atoms with van der Waals surface area (Å²) in [5.41, 5.74) is 1.91. The summed E-state index contributed by atoms with van der Waals surface area (Å²) in [6, 6.07) is 8.29. The fourth-order valence-corrected chi connectivity index (χ4v) is 3.74. The molecule has 2 aromatic heterocycles. The second kappa shape index (κ2) is 6.23. The molecule has 0 fully saturated rings. The summed E-state index contributed by atoms with van der Waals surface area (Å²) in [4.78, 5) is 18.9. The fourth-order valence-electron chi connectivity index (χ4n) is 2.91. The van der Waals surface area contributed by atoms with E-state index < -0.39 is 0 Å². The minimum absolute atomic E-state index is 0.126. The van der Waals surface area contributed by atoms with Crippen molar-refractivity contribution in [1.29, 1.82) is 0 Å². The maximum Gasteiger partial charge on any atom is 0.233 e. The molecule has 0 saturated carbocycles. The van der Waals surface area contributed by atoms with E-state index in [0.29, 0.717) is 11.5 Å². The van der Waals surface area contributed by atoms with Gasteiger partial charge in [-0.05, 0) is 39.8 Å². The number of imidazole rings is 1. The van der Waals surface area contributed by atoms with E-state index in [-0.39, 0.29) is 18.0 Å². The third-order valence-electron chi connectivity index (χ3n) is 3.73. The van der Waals surface area contributed by atoms with Crippen LogP contribution in [-0.4, -0.2) is 48.2 Å². The molecule has 0 saturated heterocycles. The van der Waals surface area contributed by atoms with Crippen LogP contribution in [0.3, 0.4) is 0 Å². The zero-order valence-corrected chi connectivity index (χ0v) is 14.6. The minimum Gasteiger partial charge on any atom is -0.337 e. The number of aromatic amines is 1. The highest BCUT2D eigenvalue weighted by atomic mass is 32.2. The summed E-state index contributed by atoms with van der Waals surface area (Å²) in [5, 5.41) is 7.99. The van der Waals surface area contributed by atoms with Gasteiger partial charge >= 0.3 is 0 Å². The van der Waals surface area contributed by atoms with Crippen LogP contribution in [-0.2, 0) is 4.79 Å². The molecule has 1 N–H and O–H groups in total. The molecule has 3 aromatic rings. The fraction of sp³-hybridized carbons (Fsp3) is 0.438. The van der Waals surface area contributed by atoms with Crippen molar-refractivity contribution in [2.24, 2.45) is 0 Å². The van der Waals surface area contributed by atoms with Gasteiger partial charge in [-0.15, -0.1) is 5.10 Å². The number of hydrogen-bond donors (Lipinski definition) is 1. The van der Waals surface area contributed by atoms with E-state index in [0.717, 1.165) is 16.2 Å². The molecule has 0 aliphatic carbocycles. The number of H-pyrrole nitrogens is 1. The van der Waals surface area contributed by atoms with Crippen molar-refractivity contribution in [2.45, 2.75) is 44.9 Å². The first kappa shape index (κ1) is 15.9. The number of benzene rings is 1. The number of thioether (sulfide) groups is 1. The van der Waals surface area contributed by atoms with Crippen LogP contribution in [0.4, 0.5) is 0 Å². The molecule has 1 aromatic carbocycles. The molecule has 0 aliphatic heterocycles. The summed E-state index contributed by atoms with van der Waals surface area (Å²) in [7, 11) is 0. The first-order valence-corrected chi connectivity index (χ1v) is 8.73. The predicted molar refractivity (Wildman–Crippen MR) is 92.7 cm³/mol. The second-order valence-electron chi connectivity index (χ2n) is 6.04. The van der Waals surface area contributed by atoms with E-state index in [9.17, 15) is 4.79 Å². The highest BCUT2D eigenvalue weighted by Gasteiger charge is 2.21. The Bertz CT molecular complexity index is 827. The van der Waals surface area contributed by atoms with Gasteiger partial charge in [-0.25, -0.2) is 10.1 Å². The number of hydrogen-bond acceptors (Lipinski definition) is 4. The molecule has 0 aliphatic rings. The van der Waals surface area contributed by atoms with Gasteiger partial charge in [-0.1, -0.05) is 23.9 Å². The monoisotopic (exact) mass is 331 g/mol. The lowest BCUT2D eigenvalue weighted by molar-refractivity contribution is -0.131. The van der Waals surface area contributed by atoms with Crippen LogP contribution in [0.5, 0.6) is 0 Å². The van der Waals surface area contributed by atoms with Gasteiger partial charge in [0, 0.05) is 12.1 Å². The molecule has 6 nitrogen and oxygen atoms in total. The second-order valence-corrected chi connectivity index (χ2v) is 6.99. The van der Waals surface area contributed by atoms with E-state index in [1.165, 1.54) is 11.8 Å². The Kier molecular flexibility index (Phi) is 4.30. The first-order chi connectivity index (χ1) is 11.0. The number of aromatic nitrogens is 4. The smallest absolute Gasteiger partial charge is 0.233 e. The van der Waals surface area contributed by atoms with Gasteiger partial charge in [0.05, 0.1) is 16.8 Å². The Hall–Kier alpha value is -2.02. The lowest BCUT2D eigenvalue weighted by Crippen LogP contribution is -2.43. The summed E-state index contributed by atoms with van der Waals surface area (Å²) in [5.74, 6) is 1.19. The normalized spacial score (nSPS) is 11.9. The first-order valence-electron chi connectivity index (χ1n) is 7.74. The summed E-state index contributed by atoms with van der Waals surface area (Å²) >= 11 is 1.44. The van der Waals surface area contributed by atoms with Gasteiger partial charge in [-0.2, -0.15) is 0 Å². The quantitative estimate of drug-likeness (QED) is 0.730. The number of nitrogens with zero attached hydrogens (tertiary/aromatic N) is 4. The molecule has 7 heteroatoms. The SMILES string of the molecule is CC(C)N(C(=O)CSc1n[nH]c2nc3ccccc3n12)C(C)C. The van der Waals surface area contributed by atoms with Crippen molar-refractivity contribution in [3.05, 3.63) is 24.3 Å². The van der Waals surface area contributed by atoms with Crippen molar-refractivity contribution in [2.75, 3.05) is 5.75 Å². The van der Waals surface area contributed by atoms with E-state index in [2.05, 4.69) is 15.2 Å². The average Bonchev–Trinajstić information content (AvgIpc) is 3.03. The van der Waals surface area contributed by atoms with E-state index >= 15 is 0 Å². The molecule has 0 radical (unpaired) electrons. The largest absolute Gasteiger partial charge is 0.337 e. The van der Waals surface area contributed by atoms with E-state index in [1.54, 1.807) is 0 Å². The van der Waals surface area contributed by atoms with Crippen LogP contribution in [0.2, 0.25) is 0 Å². The number of para-hydroxylation sites is 2. The maximum atomic E-state index is 12.5. The minimum atomic E-state index is 0.126. The Labute approximate surface area is 139 Å². The number of carbonyl (C=O) groups is 1. The van der Waals surface area contributed by atoms with Crippen LogP contribution in [0.15, 0.2) is 29.4 Å². The third-order valence-corrected chi connectivity index (χ3v) is 4.65. The lowest BCUT2D eigenvalue weighted by Gasteiger charge is -2.30. The zero-order chi connectivity index (χ0) is 16.6. The van der Waals surface area contributed by atoms with Gasteiger partial charge in [-0.3, -0.25) is 9.20 Å². The highest BCUT2D eigenvalue weighted by molar-refractivity contribution is 7.99. The Morgan fingerprint density at radius 1 is 1.26 bits per heavy atom. The number of fused-ring (bicyclic) bond motifs is 3. The van der Waals surface area contributed by atoms with E-state index in [1.807, 2.05) is 61.3 Å². The van der Waals surface area contributed by atoms with Crippen molar-refractivity contribution in [1.82, 2.24) is 24.5 Å². The van der Waals surface area contributed by atoms with Crippen LogP contribution in [0.25, 0.3) is 16.8 Å². The Balaban J connectivity index is 1.83. The standard InChI is InChI=1S/C16H21N5OS/c1-10(2)20(11(3)4)14(22)9-23-16-19-18-15-17-12-7-5-6-8-13(12)21(15)16/h5-8,10-11H,9H2,1-4H3,(H,17,18). The van der Waals surface area contributed by atoms with Crippen molar-refractivity contribution < 1.29 is 4.79 Å². The van der Waals surface area contributed by atoms with Crippen molar-refractivity contribution in [3.8, 4) is 0 Å². The van der Waals surface area contributed by atoms with Gasteiger partial charge in [0.2, 0.25) is 11.7 Å². The van der Waals surface area contributed by atoms with Crippen molar-refractivity contribution >= 4 is 34.5 Å². The van der Waals surface area contributed by atoms with Gasteiger partial charge in [0.25, 0.3) is 0 Å². The number of rotatable bonds is 5. The molecule has 0 bridgehead atoms. The third kappa shape index (κ3) is 2.93. The summed E-state index contributed by atoms with van der Waals surface area (Å²) < 4.78 is 1.96. The van der Waals surface area contributed by atoms with Crippen LogP contribution in [0, 0.1) is 0 Å². The highest BCUT2D eigenvalue weighted by Crippen LogP contribution is 2.23. The van der Waals surface area contributed by atoms with Crippen LogP contribution >= 0.6 is 11.8 Å². The van der Waals surface area contributed by atoms with Crippen LogP contribution < -0.4 is 0 Å². The maximum absolute atomic E-state index is 12.5. The molecule has 122 valence electrons. The lowest BCUT2D eigenvalue weighted by atomic mass is 10.2. The molecule has 23 heavy (non-hydrogen) atoms. The molecule has 1 amide bonds. The zero-order valence-electron chi connectivity index (χ0n) is 13.8. The Morgan fingerprint density at radius 2 is 1.96 bits per heavy atom. The summed E-state index contributed by atoms with van der Waals surface area (Å²) in [6.07, 6.45) is 0. The number of amides is 1. The molecule has 0 unspecified atom stereocenters. The molecular weight excluding hydrogens is 310 g/mol. The number of nitrogens with one attached hydrogen (secondary N) is 1. The van der Waals surface area contributed by atoms with Gasteiger partial charge < -0.3 is 4.90 Å². The Morgan fingerprint density at radius 3 is 2.65 bits per heavy atom. The van der Waals surface area contributed by atoms with Gasteiger partial charge in [0.1, 0.15) is 0 Å². The predicted octanol–water partition coefficient (Wildman–Crippen LogP) is 2.95. The van der Waals surface area contributed by atoms with Crippen molar-refractivity contribution in [3.63, 3.8) is 0 Å². The molecular formula is C16H21N5OS. The number of carbonyl (C=O) groups excluding carboxylic acids is 1. The molecule has 0 spiro atoms. The average molecular weight is 331 g/mol. The molecule has 3 rings (SSSR count). The molecule has 0 atom stereocenters. The van der Waals surface area contributed by atoms with E-state index in [4.69, 9.17) is 0 Å². The van der Waals surface area contributed by atoms with Crippen LogP contribution in [0.1, 0.15) is 27.7 Å². The summed E-state index contributed by atoms with van der Waals surface area (Å²) in [6.45, 7) is 8.16.